The average Bonchev–Trinajstić information content (AvgIpc) is 2.79. The fraction of sp³-hybridized carbons (Fsp3) is 0.391. The molecule has 1 amide bonds. The third-order valence-electron chi connectivity index (χ3n) is 5.38. The van der Waals surface area contributed by atoms with Crippen molar-refractivity contribution in [2.75, 3.05) is 18.5 Å². The Hall–Kier alpha value is -2.23. The minimum Gasteiger partial charge on any atom is -0.462 e. The maximum Gasteiger partial charge on any atom is 0.338 e. The van der Waals surface area contributed by atoms with Crippen molar-refractivity contribution in [3.63, 3.8) is 0 Å². The van der Waals surface area contributed by atoms with Crippen LogP contribution in [0.5, 0.6) is 0 Å². The maximum atomic E-state index is 13.4. The summed E-state index contributed by atoms with van der Waals surface area (Å²) in [5.41, 5.74) is 0.860. The first kappa shape index (κ1) is 24.4. The number of carbonyl (C=O) groups is 2. The minimum absolute atomic E-state index is 0.165. The van der Waals surface area contributed by atoms with Crippen molar-refractivity contribution in [1.82, 2.24) is 4.31 Å². The van der Waals surface area contributed by atoms with Gasteiger partial charge in [0, 0.05) is 16.2 Å². The molecule has 32 heavy (non-hydrogen) atoms. The molecule has 2 aromatic rings. The first-order valence-electron chi connectivity index (χ1n) is 10.7. The molecular formula is C23H27BrN2O5S. The molecule has 0 saturated heterocycles. The Labute approximate surface area is 197 Å². The molecule has 0 aromatic heterocycles. The van der Waals surface area contributed by atoms with Gasteiger partial charge in [0.15, 0.2) is 0 Å². The van der Waals surface area contributed by atoms with E-state index in [2.05, 4.69) is 21.2 Å². The molecule has 0 heterocycles. The lowest BCUT2D eigenvalue weighted by atomic mass is 9.95. The van der Waals surface area contributed by atoms with Crippen molar-refractivity contribution in [3.8, 4) is 0 Å². The molecule has 0 radical (unpaired) electrons. The number of benzene rings is 2. The lowest BCUT2D eigenvalue weighted by molar-refractivity contribution is -0.116. The van der Waals surface area contributed by atoms with Crippen LogP contribution in [0.25, 0.3) is 0 Å². The van der Waals surface area contributed by atoms with Crippen molar-refractivity contribution in [1.29, 1.82) is 0 Å². The highest BCUT2D eigenvalue weighted by Crippen LogP contribution is 2.28. The predicted octanol–water partition coefficient (Wildman–Crippen LogP) is 4.59. The van der Waals surface area contributed by atoms with Gasteiger partial charge in [0.2, 0.25) is 15.9 Å². The van der Waals surface area contributed by atoms with Gasteiger partial charge in [0.25, 0.3) is 0 Å². The van der Waals surface area contributed by atoms with Crippen molar-refractivity contribution in [2.45, 2.75) is 50.0 Å². The van der Waals surface area contributed by atoms with E-state index in [-0.39, 0.29) is 24.1 Å². The van der Waals surface area contributed by atoms with Gasteiger partial charge >= 0.3 is 5.97 Å². The van der Waals surface area contributed by atoms with E-state index in [9.17, 15) is 18.0 Å². The third-order valence-corrected chi connectivity index (χ3v) is 7.82. The van der Waals surface area contributed by atoms with Gasteiger partial charge in [-0.05, 0) is 68.3 Å². The highest BCUT2D eigenvalue weighted by molar-refractivity contribution is 9.10. The molecule has 1 fully saturated rings. The van der Waals surface area contributed by atoms with Crippen LogP contribution in [0.2, 0.25) is 0 Å². The normalized spacial score (nSPS) is 14.8. The fourth-order valence-corrected chi connectivity index (χ4v) is 5.67. The van der Waals surface area contributed by atoms with E-state index in [1.807, 2.05) is 0 Å². The monoisotopic (exact) mass is 522 g/mol. The average molecular weight is 523 g/mol. The zero-order valence-corrected chi connectivity index (χ0v) is 20.3. The number of nitrogens with one attached hydrogen (secondary N) is 1. The van der Waals surface area contributed by atoms with Crippen LogP contribution in [-0.2, 0) is 19.6 Å². The van der Waals surface area contributed by atoms with E-state index >= 15 is 0 Å². The summed E-state index contributed by atoms with van der Waals surface area (Å²) in [6.45, 7) is 1.73. The Bertz CT molecular complexity index is 1030. The van der Waals surface area contributed by atoms with Gasteiger partial charge in [0.05, 0.1) is 23.6 Å². The van der Waals surface area contributed by atoms with Gasteiger partial charge < -0.3 is 10.1 Å². The van der Waals surface area contributed by atoms with Crippen LogP contribution in [0.15, 0.2) is 57.9 Å². The molecule has 1 aliphatic carbocycles. The van der Waals surface area contributed by atoms with E-state index in [1.165, 1.54) is 4.31 Å². The summed E-state index contributed by atoms with van der Waals surface area (Å²) < 4.78 is 33.8. The zero-order chi connectivity index (χ0) is 23.1. The van der Waals surface area contributed by atoms with Gasteiger partial charge in [-0.25, -0.2) is 13.2 Å². The highest BCUT2D eigenvalue weighted by Gasteiger charge is 2.34. The number of ether oxygens (including phenoxy) is 1. The molecule has 7 nitrogen and oxygen atoms in total. The molecule has 172 valence electrons. The molecule has 3 rings (SSSR count). The molecule has 0 atom stereocenters. The van der Waals surface area contributed by atoms with Crippen LogP contribution in [0.1, 0.15) is 49.4 Å². The zero-order valence-electron chi connectivity index (χ0n) is 17.9. The van der Waals surface area contributed by atoms with Crippen LogP contribution in [0.4, 0.5) is 5.69 Å². The molecule has 0 aliphatic heterocycles. The van der Waals surface area contributed by atoms with Crippen LogP contribution >= 0.6 is 15.9 Å². The lowest BCUT2D eigenvalue weighted by Crippen LogP contribution is -2.45. The SMILES string of the molecule is CCOC(=O)c1ccc(NC(=O)CN(C2CCCCC2)S(=O)(=O)c2ccc(Br)cc2)cc1. The van der Waals surface area contributed by atoms with Crippen molar-refractivity contribution >= 4 is 43.5 Å². The molecule has 9 heteroatoms. The van der Waals surface area contributed by atoms with Crippen LogP contribution in [0, 0.1) is 0 Å². The third kappa shape index (κ3) is 6.17. The molecule has 0 unspecified atom stereocenters. The Morgan fingerprint density at radius 3 is 2.25 bits per heavy atom. The molecule has 0 bridgehead atoms. The summed E-state index contributed by atoms with van der Waals surface area (Å²) in [6, 6.07) is 12.5. The van der Waals surface area contributed by atoms with E-state index in [0.717, 1.165) is 36.6 Å². The number of amides is 1. The number of rotatable bonds is 8. The molecule has 1 N–H and O–H groups in total. The first-order chi connectivity index (χ1) is 15.3. The smallest absolute Gasteiger partial charge is 0.338 e. The lowest BCUT2D eigenvalue weighted by Gasteiger charge is -2.33. The number of sulfonamides is 1. The molecular weight excluding hydrogens is 496 g/mol. The van der Waals surface area contributed by atoms with E-state index in [0.29, 0.717) is 11.3 Å². The molecule has 0 spiro atoms. The van der Waals surface area contributed by atoms with Gasteiger partial charge in [-0.15, -0.1) is 0 Å². The van der Waals surface area contributed by atoms with Crippen molar-refractivity contribution in [3.05, 3.63) is 58.6 Å². The van der Waals surface area contributed by atoms with Crippen LogP contribution in [-0.4, -0.2) is 43.8 Å². The highest BCUT2D eigenvalue weighted by atomic mass is 79.9. The Morgan fingerprint density at radius 2 is 1.66 bits per heavy atom. The first-order valence-corrected chi connectivity index (χ1v) is 12.9. The Balaban J connectivity index is 1.76. The molecule has 2 aromatic carbocycles. The van der Waals surface area contributed by atoms with Gasteiger partial charge in [-0.1, -0.05) is 35.2 Å². The minimum atomic E-state index is -3.84. The second-order valence-corrected chi connectivity index (χ2v) is 10.4. The maximum absolute atomic E-state index is 13.4. The number of halogens is 1. The van der Waals surface area contributed by atoms with E-state index in [1.54, 1.807) is 55.5 Å². The Morgan fingerprint density at radius 1 is 1.03 bits per heavy atom. The number of hydrogen-bond acceptors (Lipinski definition) is 5. The summed E-state index contributed by atoms with van der Waals surface area (Å²) in [4.78, 5) is 24.7. The van der Waals surface area contributed by atoms with Gasteiger partial charge in [0.1, 0.15) is 0 Å². The standard InChI is InChI=1S/C23H27BrN2O5S/c1-2-31-23(28)17-8-12-19(13-9-17)25-22(27)16-26(20-6-4-3-5-7-20)32(29,30)21-14-10-18(24)11-15-21/h8-15,20H,2-7,16H2,1H3,(H,25,27). The van der Waals surface area contributed by atoms with Crippen molar-refractivity contribution in [2.24, 2.45) is 0 Å². The van der Waals surface area contributed by atoms with Crippen molar-refractivity contribution < 1.29 is 22.7 Å². The largest absolute Gasteiger partial charge is 0.462 e. The number of nitrogens with zero attached hydrogens (tertiary/aromatic N) is 1. The fourth-order valence-electron chi connectivity index (χ4n) is 3.77. The number of carbonyl (C=O) groups excluding carboxylic acids is 2. The molecule has 1 saturated carbocycles. The summed E-state index contributed by atoms with van der Waals surface area (Å²) in [7, 11) is -3.84. The second kappa shape index (κ2) is 11.1. The summed E-state index contributed by atoms with van der Waals surface area (Å²) in [5.74, 6) is -0.866. The molecule has 1 aliphatic rings. The van der Waals surface area contributed by atoms with E-state index < -0.39 is 21.9 Å². The Kier molecular flexibility index (Phi) is 8.44. The van der Waals surface area contributed by atoms with E-state index in [4.69, 9.17) is 4.74 Å². The van der Waals surface area contributed by atoms with Crippen LogP contribution < -0.4 is 5.32 Å². The number of esters is 1. The topological polar surface area (TPSA) is 92.8 Å². The summed E-state index contributed by atoms with van der Waals surface area (Å²) in [6.07, 6.45) is 4.41. The number of anilines is 1. The summed E-state index contributed by atoms with van der Waals surface area (Å²) >= 11 is 3.32. The van der Waals surface area contributed by atoms with Gasteiger partial charge in [-0.2, -0.15) is 4.31 Å². The van der Waals surface area contributed by atoms with Crippen LogP contribution in [0.3, 0.4) is 0 Å². The van der Waals surface area contributed by atoms with Gasteiger partial charge in [-0.3, -0.25) is 4.79 Å². The quantitative estimate of drug-likeness (QED) is 0.511. The number of hydrogen-bond donors (Lipinski definition) is 1. The second-order valence-electron chi connectivity index (χ2n) is 7.64. The predicted molar refractivity (Wildman–Crippen MR) is 126 cm³/mol. The summed E-state index contributed by atoms with van der Waals surface area (Å²) in [5, 5.41) is 2.74.